The van der Waals surface area contributed by atoms with Crippen molar-refractivity contribution in [1.82, 2.24) is 14.9 Å². The van der Waals surface area contributed by atoms with Gasteiger partial charge in [0, 0.05) is 19.2 Å². The maximum atomic E-state index is 12.4. The molecule has 0 spiro atoms. The van der Waals surface area contributed by atoms with Crippen LogP contribution >= 0.6 is 12.2 Å². The molecule has 22 heavy (non-hydrogen) atoms. The minimum Gasteiger partial charge on any atom is -0.391 e. The van der Waals surface area contributed by atoms with Crippen molar-refractivity contribution in [3.05, 3.63) is 38.9 Å². The van der Waals surface area contributed by atoms with Gasteiger partial charge in [0.25, 0.3) is 11.5 Å². The van der Waals surface area contributed by atoms with E-state index in [4.69, 9.17) is 12.2 Å². The number of amides is 1. The Balaban J connectivity index is 1.87. The molecule has 0 bridgehead atoms. The average molecular weight is 319 g/mol. The summed E-state index contributed by atoms with van der Waals surface area (Å²) in [5, 5.41) is 10.4. The fourth-order valence-electron chi connectivity index (χ4n) is 2.52. The first kappa shape index (κ1) is 14.9. The lowest BCUT2D eigenvalue weighted by molar-refractivity contribution is 0.0645. The first-order chi connectivity index (χ1) is 10.5. The normalized spacial score (nSPS) is 15.7. The minimum absolute atomic E-state index is 0.193. The Labute approximate surface area is 131 Å². The van der Waals surface area contributed by atoms with Crippen LogP contribution in [0.4, 0.5) is 0 Å². The molecule has 1 unspecified atom stereocenters. The summed E-state index contributed by atoms with van der Waals surface area (Å²) in [5.74, 6) is 0.128. The van der Waals surface area contributed by atoms with E-state index in [0.29, 0.717) is 28.9 Å². The molecule has 1 atom stereocenters. The summed E-state index contributed by atoms with van der Waals surface area (Å²) in [6.45, 7) is 0.312. The SMILES string of the molecule is CN(CC(O)C1CC1)C(=O)c1ccc2c(=O)[nH]c(=S)[nH]c2c1. The number of aliphatic hydroxyl groups excluding tert-OH is 1. The summed E-state index contributed by atoms with van der Waals surface area (Å²) in [6.07, 6.45) is 1.58. The van der Waals surface area contributed by atoms with Crippen molar-refractivity contribution in [2.24, 2.45) is 5.92 Å². The van der Waals surface area contributed by atoms with Crippen LogP contribution in [0, 0.1) is 10.7 Å². The predicted octanol–water partition coefficient (Wildman–Crippen LogP) is 1.43. The minimum atomic E-state index is -0.469. The zero-order chi connectivity index (χ0) is 15.9. The van der Waals surface area contributed by atoms with Gasteiger partial charge in [-0.2, -0.15) is 0 Å². The molecular weight excluding hydrogens is 302 g/mol. The van der Waals surface area contributed by atoms with Crippen molar-refractivity contribution in [1.29, 1.82) is 0 Å². The maximum Gasteiger partial charge on any atom is 0.259 e. The number of aliphatic hydroxyl groups is 1. The molecule has 1 saturated carbocycles. The first-order valence-electron chi connectivity index (χ1n) is 7.15. The zero-order valence-corrected chi connectivity index (χ0v) is 12.9. The molecule has 0 saturated heterocycles. The van der Waals surface area contributed by atoms with E-state index < -0.39 is 6.10 Å². The van der Waals surface area contributed by atoms with Crippen molar-refractivity contribution in [2.45, 2.75) is 18.9 Å². The average Bonchev–Trinajstić information content (AvgIpc) is 3.30. The molecule has 2 aromatic rings. The summed E-state index contributed by atoms with van der Waals surface area (Å²) >= 11 is 4.94. The Morgan fingerprint density at radius 2 is 2.18 bits per heavy atom. The van der Waals surface area contributed by atoms with E-state index in [1.807, 2.05) is 0 Å². The molecule has 1 fully saturated rings. The summed E-state index contributed by atoms with van der Waals surface area (Å²) in [7, 11) is 1.66. The van der Waals surface area contributed by atoms with Crippen molar-refractivity contribution in [3.8, 4) is 0 Å². The Morgan fingerprint density at radius 1 is 1.45 bits per heavy atom. The Hall–Kier alpha value is -1.99. The number of benzene rings is 1. The number of aromatic nitrogens is 2. The Kier molecular flexibility index (Phi) is 3.84. The number of fused-ring (bicyclic) bond motifs is 1. The molecule has 3 N–H and O–H groups in total. The number of hydrogen-bond donors (Lipinski definition) is 3. The second kappa shape index (κ2) is 5.66. The quantitative estimate of drug-likeness (QED) is 0.744. The molecule has 1 aliphatic rings. The van der Waals surface area contributed by atoms with Gasteiger partial charge in [-0.25, -0.2) is 0 Å². The highest BCUT2D eigenvalue weighted by atomic mass is 32.1. The second-order valence-electron chi connectivity index (χ2n) is 5.76. The molecule has 1 aliphatic carbocycles. The number of carbonyl (C=O) groups excluding carboxylic acids is 1. The highest BCUT2D eigenvalue weighted by Gasteiger charge is 2.31. The number of hydrogen-bond acceptors (Lipinski definition) is 4. The Bertz CT molecular complexity index is 838. The molecule has 1 aromatic heterocycles. The lowest BCUT2D eigenvalue weighted by Crippen LogP contribution is -2.35. The van der Waals surface area contributed by atoms with Crippen LogP contribution in [-0.4, -0.2) is 45.6 Å². The Morgan fingerprint density at radius 3 is 2.86 bits per heavy atom. The highest BCUT2D eigenvalue weighted by Crippen LogP contribution is 2.32. The molecule has 0 radical (unpaired) electrons. The smallest absolute Gasteiger partial charge is 0.259 e. The topological polar surface area (TPSA) is 89.2 Å². The van der Waals surface area contributed by atoms with E-state index in [0.717, 1.165) is 12.8 Å². The number of aromatic amines is 2. The van der Waals surface area contributed by atoms with Gasteiger partial charge >= 0.3 is 0 Å². The van der Waals surface area contributed by atoms with Gasteiger partial charge in [0.2, 0.25) is 0 Å². The third kappa shape index (κ3) is 2.95. The lowest BCUT2D eigenvalue weighted by atomic mass is 10.1. The lowest BCUT2D eigenvalue weighted by Gasteiger charge is -2.20. The molecule has 0 aliphatic heterocycles. The number of rotatable bonds is 4. The van der Waals surface area contributed by atoms with Crippen LogP contribution < -0.4 is 5.56 Å². The van der Waals surface area contributed by atoms with Gasteiger partial charge < -0.3 is 15.0 Å². The third-order valence-electron chi connectivity index (χ3n) is 3.96. The molecule has 6 nitrogen and oxygen atoms in total. The number of nitrogens with zero attached hydrogens (tertiary/aromatic N) is 1. The van der Waals surface area contributed by atoms with E-state index in [9.17, 15) is 14.7 Å². The van der Waals surface area contributed by atoms with Gasteiger partial charge in [0.1, 0.15) is 0 Å². The largest absolute Gasteiger partial charge is 0.391 e. The van der Waals surface area contributed by atoms with Crippen LogP contribution in [0.5, 0.6) is 0 Å². The number of likely N-dealkylation sites (N-methyl/N-ethyl adjacent to an activating group) is 1. The summed E-state index contributed by atoms with van der Waals surface area (Å²) in [6, 6.07) is 4.82. The van der Waals surface area contributed by atoms with Crippen molar-refractivity contribution >= 4 is 29.0 Å². The number of H-pyrrole nitrogens is 2. The fourth-order valence-corrected chi connectivity index (χ4v) is 2.72. The predicted molar refractivity (Wildman–Crippen MR) is 85.4 cm³/mol. The van der Waals surface area contributed by atoms with Gasteiger partial charge in [-0.1, -0.05) is 0 Å². The van der Waals surface area contributed by atoms with Crippen LogP contribution in [0.15, 0.2) is 23.0 Å². The van der Waals surface area contributed by atoms with Gasteiger partial charge in [-0.05, 0) is 49.2 Å². The van der Waals surface area contributed by atoms with E-state index in [2.05, 4.69) is 9.97 Å². The van der Waals surface area contributed by atoms with Crippen molar-refractivity contribution < 1.29 is 9.90 Å². The molecular formula is C15H17N3O3S. The van der Waals surface area contributed by atoms with E-state index in [1.54, 1.807) is 25.2 Å². The van der Waals surface area contributed by atoms with Gasteiger partial charge in [-0.15, -0.1) is 0 Å². The number of carbonyl (C=O) groups is 1. The first-order valence-corrected chi connectivity index (χ1v) is 7.56. The molecule has 3 rings (SSSR count). The van der Waals surface area contributed by atoms with Crippen LogP contribution in [0.1, 0.15) is 23.2 Å². The summed E-state index contributed by atoms with van der Waals surface area (Å²) < 4.78 is 0.222. The summed E-state index contributed by atoms with van der Waals surface area (Å²) in [5.41, 5.74) is 0.695. The second-order valence-corrected chi connectivity index (χ2v) is 6.17. The molecule has 1 amide bonds. The molecule has 116 valence electrons. The molecule has 1 aromatic carbocycles. The van der Waals surface area contributed by atoms with Crippen molar-refractivity contribution in [3.63, 3.8) is 0 Å². The van der Waals surface area contributed by atoms with E-state index >= 15 is 0 Å². The number of nitrogens with one attached hydrogen (secondary N) is 2. The molecule has 1 heterocycles. The fraction of sp³-hybridized carbons (Fsp3) is 0.400. The molecule has 7 heteroatoms. The maximum absolute atomic E-state index is 12.4. The standard InChI is InChI=1S/C15H17N3O3S/c1-18(7-12(19)8-2-3-8)14(21)9-4-5-10-11(6-9)16-15(22)17-13(10)20/h4-6,8,12,19H,2-3,7H2,1H3,(H2,16,17,20,22). The monoisotopic (exact) mass is 319 g/mol. The van der Waals surface area contributed by atoms with Gasteiger partial charge in [0.15, 0.2) is 4.77 Å². The van der Waals surface area contributed by atoms with Crippen molar-refractivity contribution in [2.75, 3.05) is 13.6 Å². The third-order valence-corrected chi connectivity index (χ3v) is 4.16. The van der Waals surface area contributed by atoms with Gasteiger partial charge in [0.05, 0.1) is 17.0 Å². The van der Waals surface area contributed by atoms with Crippen LogP contribution in [0.25, 0.3) is 10.9 Å². The zero-order valence-electron chi connectivity index (χ0n) is 12.1. The van der Waals surface area contributed by atoms with Crippen LogP contribution in [0.3, 0.4) is 0 Å². The van der Waals surface area contributed by atoms with Crippen LogP contribution in [-0.2, 0) is 0 Å². The highest BCUT2D eigenvalue weighted by molar-refractivity contribution is 7.71. The van der Waals surface area contributed by atoms with E-state index in [1.165, 1.54) is 4.90 Å². The van der Waals surface area contributed by atoms with E-state index in [-0.39, 0.29) is 16.2 Å². The summed E-state index contributed by atoms with van der Waals surface area (Å²) in [4.78, 5) is 31.1. The van der Waals surface area contributed by atoms with Gasteiger partial charge in [-0.3, -0.25) is 14.6 Å². The van der Waals surface area contributed by atoms with Crippen LogP contribution in [0.2, 0.25) is 0 Å².